The molecule has 3 heterocycles. The molecule has 1 saturated carbocycles. The molecule has 2 fully saturated rings. The fourth-order valence-electron chi connectivity index (χ4n) is 4.66. The van der Waals surface area contributed by atoms with Crippen molar-refractivity contribution in [2.45, 2.75) is 12.2 Å². The summed E-state index contributed by atoms with van der Waals surface area (Å²) in [6, 6.07) is 7.33. The van der Waals surface area contributed by atoms with Crippen LogP contribution in [0.15, 0.2) is 49.3 Å². The first-order valence-electron chi connectivity index (χ1n) is 11.3. The molecule has 3 aromatic rings. The lowest BCUT2D eigenvalue weighted by Crippen LogP contribution is -2.22. The van der Waals surface area contributed by atoms with E-state index >= 15 is 0 Å². The second-order valence-electron chi connectivity index (χ2n) is 8.94. The van der Waals surface area contributed by atoms with Gasteiger partial charge in [0, 0.05) is 55.4 Å². The molecule has 10 heteroatoms. The summed E-state index contributed by atoms with van der Waals surface area (Å²) in [5.41, 5.74) is 0.354. The Labute approximate surface area is 200 Å². The predicted octanol–water partition coefficient (Wildman–Crippen LogP) is 3.62. The zero-order valence-electron chi connectivity index (χ0n) is 19.1. The molecule has 35 heavy (non-hydrogen) atoms. The van der Waals surface area contributed by atoms with Crippen molar-refractivity contribution in [2.24, 2.45) is 18.9 Å². The summed E-state index contributed by atoms with van der Waals surface area (Å²) in [7, 11) is 1.71. The Bertz CT molecular complexity index is 1320. The van der Waals surface area contributed by atoms with Gasteiger partial charge in [0.15, 0.2) is 0 Å². The van der Waals surface area contributed by atoms with Crippen LogP contribution in [0.2, 0.25) is 0 Å². The Morgan fingerprint density at radius 1 is 1.29 bits per heavy atom. The molecule has 5 rings (SSSR count). The van der Waals surface area contributed by atoms with Crippen LogP contribution in [-0.2, 0) is 7.05 Å². The minimum atomic E-state index is -4.61. The average molecular weight is 483 g/mol. The summed E-state index contributed by atoms with van der Waals surface area (Å²) in [5.74, 6) is 0.787. The van der Waals surface area contributed by atoms with Crippen molar-refractivity contribution >= 4 is 34.0 Å². The van der Waals surface area contributed by atoms with Gasteiger partial charge in [-0.05, 0) is 30.0 Å². The molecule has 2 unspecified atom stereocenters. The van der Waals surface area contributed by atoms with Gasteiger partial charge in [-0.3, -0.25) is 9.48 Å². The van der Waals surface area contributed by atoms with Crippen molar-refractivity contribution in [2.75, 3.05) is 25.0 Å². The van der Waals surface area contributed by atoms with Crippen LogP contribution in [0.5, 0.6) is 0 Å². The van der Waals surface area contributed by atoms with Crippen LogP contribution in [0.3, 0.4) is 0 Å². The molecule has 0 bridgehead atoms. The third-order valence-electron chi connectivity index (χ3n) is 6.57. The largest absolute Gasteiger partial charge is 0.417 e. The van der Waals surface area contributed by atoms with Crippen LogP contribution in [-0.4, -0.2) is 52.5 Å². The summed E-state index contributed by atoms with van der Waals surface area (Å²) >= 11 is 0. The van der Waals surface area contributed by atoms with Gasteiger partial charge in [0.05, 0.1) is 28.7 Å². The van der Waals surface area contributed by atoms with E-state index in [0.29, 0.717) is 39.9 Å². The summed E-state index contributed by atoms with van der Waals surface area (Å²) in [6.45, 7) is 5.36. The highest BCUT2D eigenvalue weighted by Crippen LogP contribution is 2.45. The highest BCUT2D eigenvalue weighted by Gasteiger charge is 2.53. The third-order valence-corrected chi connectivity index (χ3v) is 6.57. The maximum absolute atomic E-state index is 13.6. The number of pyridine rings is 1. The number of piperidine rings is 1. The van der Waals surface area contributed by atoms with Crippen molar-refractivity contribution in [1.29, 1.82) is 0 Å². The smallest absolute Gasteiger partial charge is 0.381 e. The van der Waals surface area contributed by atoms with Gasteiger partial charge in [-0.15, -0.1) is 0 Å². The number of amides is 1. The highest BCUT2D eigenvalue weighted by molar-refractivity contribution is 6.01. The number of halogens is 3. The molecule has 0 radical (unpaired) electrons. The number of nitrogens with one attached hydrogen (secondary N) is 3. The first kappa shape index (κ1) is 23.1. The SMILES string of the molecule is C=C(c1nc(/C=C/CNC(=O)c2cnn(C)c2)cc2c(NC3C4CNCC43)cccc12)C(F)(F)F. The van der Waals surface area contributed by atoms with Crippen LogP contribution < -0.4 is 16.0 Å². The fourth-order valence-corrected chi connectivity index (χ4v) is 4.66. The van der Waals surface area contributed by atoms with Gasteiger partial charge in [-0.2, -0.15) is 18.3 Å². The monoisotopic (exact) mass is 482 g/mol. The molecule has 182 valence electrons. The molecule has 2 atom stereocenters. The molecule has 1 aromatic carbocycles. The summed E-state index contributed by atoms with van der Waals surface area (Å²) < 4.78 is 42.3. The Morgan fingerprint density at radius 2 is 2.06 bits per heavy atom. The van der Waals surface area contributed by atoms with Crippen molar-refractivity contribution in [1.82, 2.24) is 25.4 Å². The van der Waals surface area contributed by atoms with Crippen LogP contribution in [0.25, 0.3) is 22.4 Å². The maximum atomic E-state index is 13.6. The topological polar surface area (TPSA) is 83.9 Å². The van der Waals surface area contributed by atoms with Gasteiger partial charge in [-0.1, -0.05) is 24.8 Å². The van der Waals surface area contributed by atoms with Gasteiger partial charge in [0.1, 0.15) is 0 Å². The zero-order valence-corrected chi connectivity index (χ0v) is 19.1. The number of aromatic nitrogens is 3. The van der Waals surface area contributed by atoms with E-state index in [1.807, 2.05) is 6.07 Å². The number of aryl methyl sites for hydroxylation is 1. The number of benzene rings is 1. The Morgan fingerprint density at radius 3 is 2.74 bits per heavy atom. The molecule has 2 aliphatic rings. The van der Waals surface area contributed by atoms with E-state index in [1.165, 1.54) is 10.9 Å². The number of carbonyl (C=O) groups is 1. The highest BCUT2D eigenvalue weighted by atomic mass is 19.4. The Balaban J connectivity index is 1.42. The Hall–Kier alpha value is -3.66. The molecule has 1 aliphatic heterocycles. The number of allylic oxidation sites excluding steroid dienone is 1. The molecule has 1 saturated heterocycles. The zero-order chi connectivity index (χ0) is 24.7. The molecule has 1 amide bonds. The molecule has 2 aromatic heterocycles. The predicted molar refractivity (Wildman–Crippen MR) is 129 cm³/mol. The van der Waals surface area contributed by atoms with E-state index in [-0.39, 0.29) is 18.1 Å². The minimum Gasteiger partial charge on any atom is -0.381 e. The first-order valence-corrected chi connectivity index (χ1v) is 11.3. The number of carbonyl (C=O) groups excluding carboxylic acids is 1. The van der Waals surface area contributed by atoms with E-state index < -0.39 is 11.7 Å². The number of fused-ring (bicyclic) bond motifs is 2. The van der Waals surface area contributed by atoms with E-state index in [9.17, 15) is 18.0 Å². The molecule has 1 aliphatic carbocycles. The van der Waals surface area contributed by atoms with Crippen molar-refractivity contribution in [3.05, 3.63) is 66.3 Å². The molecular weight excluding hydrogens is 457 g/mol. The van der Waals surface area contributed by atoms with E-state index in [2.05, 4.69) is 32.6 Å². The number of alkyl halides is 3. The van der Waals surface area contributed by atoms with Crippen LogP contribution in [0, 0.1) is 11.8 Å². The number of rotatable bonds is 7. The quantitative estimate of drug-likeness (QED) is 0.479. The summed E-state index contributed by atoms with van der Waals surface area (Å²) in [5, 5.41) is 14.6. The second-order valence-corrected chi connectivity index (χ2v) is 8.94. The van der Waals surface area contributed by atoms with Crippen LogP contribution in [0.4, 0.5) is 18.9 Å². The maximum Gasteiger partial charge on any atom is 0.417 e. The second kappa shape index (κ2) is 8.84. The van der Waals surface area contributed by atoms with Crippen molar-refractivity contribution in [3.8, 4) is 0 Å². The van der Waals surface area contributed by atoms with E-state index in [1.54, 1.807) is 43.6 Å². The van der Waals surface area contributed by atoms with Gasteiger partial charge in [-0.25, -0.2) is 4.98 Å². The van der Waals surface area contributed by atoms with Gasteiger partial charge in [0.2, 0.25) is 0 Å². The van der Waals surface area contributed by atoms with Crippen molar-refractivity contribution in [3.63, 3.8) is 0 Å². The Kier molecular flexibility index (Phi) is 5.84. The molecule has 0 spiro atoms. The lowest BCUT2D eigenvalue weighted by Gasteiger charge is -2.16. The normalized spacial score (nSPS) is 21.3. The third kappa shape index (κ3) is 4.66. The summed E-state index contributed by atoms with van der Waals surface area (Å²) in [6.07, 6.45) is 1.69. The van der Waals surface area contributed by atoms with Gasteiger partial charge < -0.3 is 16.0 Å². The number of anilines is 1. The van der Waals surface area contributed by atoms with Crippen LogP contribution in [0.1, 0.15) is 21.7 Å². The van der Waals surface area contributed by atoms with Crippen LogP contribution >= 0.6 is 0 Å². The molecular formula is C25H25F3N6O. The minimum absolute atomic E-state index is 0.182. The first-order chi connectivity index (χ1) is 16.7. The van der Waals surface area contributed by atoms with Gasteiger partial charge in [0.25, 0.3) is 5.91 Å². The standard InChI is InChI=1S/C25H25F3N6O/c1-14(25(26,27)28)22-17-6-3-7-21(33-23-19-11-29-12-20(19)23)18(17)9-16(32-22)5-4-8-30-24(35)15-10-31-34(2)13-15/h3-7,9-10,13,19-20,23,29,33H,1,8,11-12H2,2H3,(H,30,35)/b5-4+. The average Bonchev–Trinajstić information content (AvgIpc) is 3.16. The van der Waals surface area contributed by atoms with E-state index in [0.717, 1.165) is 18.8 Å². The number of hydrogen-bond donors (Lipinski definition) is 3. The number of nitrogens with zero attached hydrogens (tertiary/aromatic N) is 3. The van der Waals surface area contributed by atoms with E-state index in [4.69, 9.17) is 0 Å². The molecule has 7 nitrogen and oxygen atoms in total. The fraction of sp³-hybridized carbons (Fsp3) is 0.320. The lowest BCUT2D eigenvalue weighted by molar-refractivity contribution is -0.0688. The summed E-state index contributed by atoms with van der Waals surface area (Å²) in [4.78, 5) is 16.4. The van der Waals surface area contributed by atoms with Gasteiger partial charge >= 0.3 is 6.18 Å². The van der Waals surface area contributed by atoms with Crippen molar-refractivity contribution < 1.29 is 18.0 Å². The lowest BCUT2D eigenvalue weighted by atomic mass is 10.0. The number of hydrogen-bond acceptors (Lipinski definition) is 5. The molecule has 3 N–H and O–H groups in total.